The fraction of sp³-hybridized carbons (Fsp3) is 0.300. The predicted octanol–water partition coefficient (Wildman–Crippen LogP) is 0.646. The van der Waals surface area contributed by atoms with Gasteiger partial charge in [-0.2, -0.15) is 5.26 Å². The second-order valence-corrected chi connectivity index (χ2v) is 2.97. The molecule has 0 fully saturated rings. The molecule has 0 saturated heterocycles. The smallest absolute Gasteiger partial charge is 0.138 e. The van der Waals surface area contributed by atoms with Crippen molar-refractivity contribution in [3.8, 4) is 11.8 Å². The highest BCUT2D eigenvalue weighted by molar-refractivity contribution is 5.48. The molecule has 14 heavy (non-hydrogen) atoms. The third-order valence-corrected chi connectivity index (χ3v) is 2.03. The zero-order valence-corrected chi connectivity index (χ0v) is 7.64. The summed E-state index contributed by atoms with van der Waals surface area (Å²) in [5, 5.41) is 26.9. The summed E-state index contributed by atoms with van der Waals surface area (Å²) in [7, 11) is 0. The van der Waals surface area contributed by atoms with Crippen LogP contribution in [0.2, 0.25) is 0 Å². The Morgan fingerprint density at radius 3 is 2.79 bits per heavy atom. The largest absolute Gasteiger partial charge is 0.506 e. The predicted molar refractivity (Wildman–Crippen MR) is 51.5 cm³/mol. The number of rotatable bonds is 3. The van der Waals surface area contributed by atoms with Gasteiger partial charge in [-0.1, -0.05) is 12.1 Å². The molecule has 0 bridgehead atoms. The molecule has 0 unspecified atom stereocenters. The minimum atomic E-state index is -0.437. The number of hydrogen-bond donors (Lipinski definition) is 3. The first kappa shape index (κ1) is 10.5. The molecule has 0 aromatic heterocycles. The molecule has 4 nitrogen and oxygen atoms in total. The van der Waals surface area contributed by atoms with Gasteiger partial charge < -0.3 is 15.9 Å². The average molecular weight is 192 g/mol. The zero-order valence-electron chi connectivity index (χ0n) is 7.64. The highest BCUT2D eigenvalue weighted by Gasteiger charge is 2.12. The lowest BCUT2D eigenvalue weighted by molar-refractivity contribution is 0.275. The minimum absolute atomic E-state index is 0.0443. The van der Waals surface area contributed by atoms with E-state index in [9.17, 15) is 5.11 Å². The lowest BCUT2D eigenvalue weighted by Gasteiger charge is -2.12. The number of phenols is 1. The number of nitrogens with zero attached hydrogens (tertiary/aromatic N) is 1. The van der Waals surface area contributed by atoms with Gasteiger partial charge in [-0.3, -0.25) is 0 Å². The quantitative estimate of drug-likeness (QED) is 0.655. The van der Waals surface area contributed by atoms with Gasteiger partial charge in [0.25, 0.3) is 0 Å². The van der Waals surface area contributed by atoms with Crippen LogP contribution in [-0.4, -0.2) is 16.8 Å². The van der Waals surface area contributed by atoms with Crippen LogP contribution < -0.4 is 5.73 Å². The van der Waals surface area contributed by atoms with Gasteiger partial charge in [-0.15, -0.1) is 0 Å². The number of aromatic hydroxyl groups is 1. The molecule has 0 saturated carbocycles. The van der Waals surface area contributed by atoms with Gasteiger partial charge in [0, 0.05) is 18.2 Å². The molecule has 1 rings (SSSR count). The Kier molecular flexibility index (Phi) is 3.46. The number of aliphatic hydroxyl groups is 1. The van der Waals surface area contributed by atoms with Gasteiger partial charge in [-0.25, -0.2) is 0 Å². The van der Waals surface area contributed by atoms with Crippen molar-refractivity contribution in [1.29, 1.82) is 5.26 Å². The molecule has 0 heterocycles. The molecule has 0 amide bonds. The van der Waals surface area contributed by atoms with Gasteiger partial charge in [0.15, 0.2) is 0 Å². The number of hydrogen-bond acceptors (Lipinski definition) is 4. The van der Waals surface area contributed by atoms with E-state index in [0.717, 1.165) is 0 Å². The number of nitriles is 1. The molecule has 4 heteroatoms. The molecule has 0 radical (unpaired) electrons. The Morgan fingerprint density at radius 2 is 2.21 bits per heavy atom. The van der Waals surface area contributed by atoms with E-state index in [-0.39, 0.29) is 17.9 Å². The standard InChI is InChI=1S/C10H12N2O2/c11-6-7-2-1-3-8(10(7)14)9(12)4-5-13/h1-3,9,13-14H,4-5,12H2/t9-/m0/s1. The summed E-state index contributed by atoms with van der Waals surface area (Å²) in [6.07, 6.45) is 0.364. The van der Waals surface area contributed by atoms with E-state index in [2.05, 4.69) is 0 Å². The number of aliphatic hydroxyl groups excluding tert-OH is 1. The first-order valence-electron chi connectivity index (χ1n) is 4.29. The first-order chi connectivity index (χ1) is 6.70. The molecule has 0 aliphatic rings. The number of para-hydroxylation sites is 1. The number of benzene rings is 1. The Bertz CT molecular complexity index is 358. The molecule has 0 spiro atoms. The van der Waals surface area contributed by atoms with Crippen molar-refractivity contribution in [1.82, 2.24) is 0 Å². The van der Waals surface area contributed by atoms with Gasteiger partial charge >= 0.3 is 0 Å². The molecule has 0 aliphatic carbocycles. The van der Waals surface area contributed by atoms with Crippen molar-refractivity contribution >= 4 is 0 Å². The van der Waals surface area contributed by atoms with Crippen LogP contribution in [0.1, 0.15) is 23.6 Å². The van der Waals surface area contributed by atoms with Crippen LogP contribution in [-0.2, 0) is 0 Å². The summed E-state index contributed by atoms with van der Waals surface area (Å²) in [6, 6.07) is 6.25. The second kappa shape index (κ2) is 4.61. The fourth-order valence-corrected chi connectivity index (χ4v) is 1.25. The van der Waals surface area contributed by atoms with Crippen molar-refractivity contribution in [2.75, 3.05) is 6.61 Å². The van der Waals surface area contributed by atoms with Crippen LogP contribution in [0.3, 0.4) is 0 Å². The van der Waals surface area contributed by atoms with Crippen molar-refractivity contribution in [2.24, 2.45) is 5.73 Å². The second-order valence-electron chi connectivity index (χ2n) is 2.97. The fourth-order valence-electron chi connectivity index (χ4n) is 1.25. The maximum atomic E-state index is 9.60. The topological polar surface area (TPSA) is 90.3 Å². The van der Waals surface area contributed by atoms with Gasteiger partial charge in [0.1, 0.15) is 11.8 Å². The van der Waals surface area contributed by atoms with Crippen LogP contribution >= 0.6 is 0 Å². The summed E-state index contributed by atoms with van der Waals surface area (Å²) in [5.41, 5.74) is 6.40. The molecule has 1 atom stereocenters. The highest BCUT2D eigenvalue weighted by Crippen LogP contribution is 2.27. The Balaban J connectivity index is 3.04. The van der Waals surface area contributed by atoms with Gasteiger partial charge in [-0.05, 0) is 12.5 Å². The normalized spacial score (nSPS) is 12.1. The SMILES string of the molecule is N#Cc1cccc([C@@H](N)CCO)c1O. The average Bonchev–Trinajstić information content (AvgIpc) is 2.18. The van der Waals surface area contributed by atoms with Crippen LogP contribution in [0, 0.1) is 11.3 Å². The van der Waals surface area contributed by atoms with Crippen LogP contribution in [0.5, 0.6) is 5.75 Å². The zero-order chi connectivity index (χ0) is 10.6. The monoisotopic (exact) mass is 192 g/mol. The molecule has 0 aliphatic heterocycles. The van der Waals surface area contributed by atoms with E-state index in [1.54, 1.807) is 12.1 Å². The van der Waals surface area contributed by atoms with E-state index in [4.69, 9.17) is 16.1 Å². The molecular formula is C10H12N2O2. The number of phenolic OH excluding ortho intramolecular Hbond substituents is 1. The van der Waals surface area contributed by atoms with Crippen LogP contribution in [0.4, 0.5) is 0 Å². The third-order valence-electron chi connectivity index (χ3n) is 2.03. The lowest BCUT2D eigenvalue weighted by Crippen LogP contribution is -2.12. The highest BCUT2D eigenvalue weighted by atomic mass is 16.3. The van der Waals surface area contributed by atoms with E-state index < -0.39 is 6.04 Å². The first-order valence-corrected chi connectivity index (χ1v) is 4.29. The molecule has 1 aromatic carbocycles. The maximum Gasteiger partial charge on any atom is 0.138 e. The van der Waals surface area contributed by atoms with E-state index >= 15 is 0 Å². The Morgan fingerprint density at radius 1 is 1.50 bits per heavy atom. The maximum absolute atomic E-state index is 9.60. The van der Waals surface area contributed by atoms with Crippen LogP contribution in [0.25, 0.3) is 0 Å². The van der Waals surface area contributed by atoms with Crippen LogP contribution in [0.15, 0.2) is 18.2 Å². The Hall–Kier alpha value is -1.57. The van der Waals surface area contributed by atoms with Crippen molar-refractivity contribution in [3.63, 3.8) is 0 Å². The van der Waals surface area contributed by atoms with E-state index in [0.29, 0.717) is 12.0 Å². The van der Waals surface area contributed by atoms with Crippen molar-refractivity contribution in [2.45, 2.75) is 12.5 Å². The third kappa shape index (κ3) is 2.02. The Labute approximate surface area is 82.2 Å². The van der Waals surface area contributed by atoms with E-state index in [1.807, 2.05) is 6.07 Å². The number of nitrogens with two attached hydrogens (primary N) is 1. The molecule has 4 N–H and O–H groups in total. The van der Waals surface area contributed by atoms with Crippen molar-refractivity contribution in [3.05, 3.63) is 29.3 Å². The minimum Gasteiger partial charge on any atom is -0.506 e. The van der Waals surface area contributed by atoms with E-state index in [1.165, 1.54) is 6.07 Å². The molecule has 1 aromatic rings. The summed E-state index contributed by atoms with van der Waals surface area (Å²) in [4.78, 5) is 0. The summed E-state index contributed by atoms with van der Waals surface area (Å²) >= 11 is 0. The molecule has 74 valence electrons. The van der Waals surface area contributed by atoms with Gasteiger partial charge in [0.05, 0.1) is 5.56 Å². The summed E-state index contributed by atoms with van der Waals surface area (Å²) in [5.74, 6) is -0.0871. The summed E-state index contributed by atoms with van der Waals surface area (Å²) in [6.45, 7) is -0.0443. The summed E-state index contributed by atoms with van der Waals surface area (Å²) < 4.78 is 0. The molecular weight excluding hydrogens is 180 g/mol. The van der Waals surface area contributed by atoms with Crippen molar-refractivity contribution < 1.29 is 10.2 Å². The van der Waals surface area contributed by atoms with Gasteiger partial charge in [0.2, 0.25) is 0 Å². The lowest BCUT2D eigenvalue weighted by atomic mass is 10.0.